The number of carbonyl (C=O) groups excluding carboxylic acids is 1. The smallest absolute Gasteiger partial charge is 0.162 e. The van der Waals surface area contributed by atoms with Crippen LogP contribution in [0.25, 0.3) is 55.1 Å². The Bertz CT molecular complexity index is 1930. The van der Waals surface area contributed by atoms with E-state index < -0.39 is 0 Å². The topological polar surface area (TPSA) is 63.3 Å². The average Bonchev–Trinajstić information content (AvgIpc) is 3.46. The minimum atomic E-state index is 0. The zero-order valence-corrected chi connectivity index (χ0v) is 29.7. The zero-order valence-electron chi connectivity index (χ0n) is 27.3. The first-order chi connectivity index (χ1) is 21.9. The van der Waals surface area contributed by atoms with Crippen molar-refractivity contribution in [2.75, 3.05) is 0 Å². The fourth-order valence-electron chi connectivity index (χ4n) is 5.99. The standard InChI is InChI=1S/C28H18NO.C13H24O2.Ir/c1-18-9-15-25(29-17-18)20-12-10-19(11-13-20)21-6-4-7-23-22(21)14-16-27-28(23)24-5-2-3-8-26(24)30-27;1-5-10(6-2)12(14)9-13(15)11(7-3)8-4;/h2-12,14-17H,1H3;9-11,14H,5-8H2,1-4H3;/q-1;;/b;12-9-;. The van der Waals surface area contributed by atoms with Crippen LogP contribution >= 0.6 is 0 Å². The fraction of sp³-hybridized carbons (Fsp3) is 0.268. The second-order valence-corrected chi connectivity index (χ2v) is 11.6. The molecule has 239 valence electrons. The monoisotopic (exact) mass is 789 g/mol. The van der Waals surface area contributed by atoms with Gasteiger partial charge in [0.1, 0.15) is 11.2 Å². The van der Waals surface area contributed by atoms with E-state index >= 15 is 0 Å². The maximum absolute atomic E-state index is 11.7. The van der Waals surface area contributed by atoms with Crippen LogP contribution < -0.4 is 0 Å². The Morgan fingerprint density at radius 2 is 1.52 bits per heavy atom. The summed E-state index contributed by atoms with van der Waals surface area (Å²) >= 11 is 0. The van der Waals surface area contributed by atoms with Crippen LogP contribution in [-0.4, -0.2) is 15.9 Å². The van der Waals surface area contributed by atoms with Gasteiger partial charge in [-0.05, 0) is 66.8 Å². The molecule has 4 aromatic carbocycles. The molecule has 6 aromatic rings. The van der Waals surface area contributed by atoms with Gasteiger partial charge in [0.15, 0.2) is 5.78 Å². The molecule has 2 aromatic heterocycles. The SMILES string of the molecule is CCC(CC)C(=O)/C=C(\O)C(CC)CC.Cc1ccc(-c2[c-]cc(-c3cccc4c3ccc3oc5ccccc5c34)cc2)nc1.[Ir]. The normalized spacial score (nSPS) is 11.6. The largest absolute Gasteiger partial charge is 0.512 e. The molecule has 2 heterocycles. The number of furan rings is 1. The van der Waals surface area contributed by atoms with E-state index in [1.165, 1.54) is 27.8 Å². The van der Waals surface area contributed by atoms with Gasteiger partial charge in [-0.25, -0.2) is 0 Å². The van der Waals surface area contributed by atoms with Crippen LogP contribution in [-0.2, 0) is 24.9 Å². The van der Waals surface area contributed by atoms with E-state index in [4.69, 9.17) is 4.42 Å². The van der Waals surface area contributed by atoms with Crippen LogP contribution in [0.1, 0.15) is 58.9 Å². The number of rotatable bonds is 9. The van der Waals surface area contributed by atoms with Crippen molar-refractivity contribution in [3.63, 3.8) is 0 Å². The first-order valence-corrected chi connectivity index (χ1v) is 16.1. The quantitative estimate of drug-likeness (QED) is 0.0900. The molecule has 0 aliphatic heterocycles. The van der Waals surface area contributed by atoms with Gasteiger partial charge < -0.3 is 14.5 Å². The number of aromatic nitrogens is 1. The number of aliphatic hydroxyl groups is 1. The number of para-hydroxylation sites is 1. The summed E-state index contributed by atoms with van der Waals surface area (Å²) < 4.78 is 6.07. The van der Waals surface area contributed by atoms with E-state index in [-0.39, 0.29) is 43.5 Å². The van der Waals surface area contributed by atoms with Crippen LogP contribution in [0.5, 0.6) is 0 Å². The Morgan fingerprint density at radius 1 is 0.804 bits per heavy atom. The summed E-state index contributed by atoms with van der Waals surface area (Å²) in [5, 5.41) is 14.5. The van der Waals surface area contributed by atoms with Crippen LogP contribution in [0.4, 0.5) is 0 Å². The number of fused-ring (bicyclic) bond motifs is 5. The average molecular weight is 789 g/mol. The van der Waals surface area contributed by atoms with Crippen LogP contribution in [0, 0.1) is 24.8 Å². The molecule has 46 heavy (non-hydrogen) atoms. The molecule has 1 N–H and O–H groups in total. The van der Waals surface area contributed by atoms with Crippen molar-refractivity contribution in [2.45, 2.75) is 60.3 Å². The minimum Gasteiger partial charge on any atom is -0.512 e. The van der Waals surface area contributed by atoms with E-state index in [1.54, 1.807) is 0 Å². The molecule has 0 unspecified atom stereocenters. The van der Waals surface area contributed by atoms with Gasteiger partial charge in [0.05, 0.1) is 5.76 Å². The molecular formula is C41H42IrNO3-. The molecule has 1 radical (unpaired) electrons. The Balaban J connectivity index is 0.000000259. The molecule has 0 aliphatic rings. The Hall–Kier alpha value is -4.05. The number of ketones is 1. The van der Waals surface area contributed by atoms with Crippen molar-refractivity contribution in [2.24, 2.45) is 11.8 Å². The number of carbonyl (C=O) groups is 1. The van der Waals surface area contributed by atoms with Gasteiger partial charge in [-0.15, -0.1) is 29.8 Å². The Morgan fingerprint density at radius 3 is 2.17 bits per heavy atom. The first kappa shape index (κ1) is 34.8. The van der Waals surface area contributed by atoms with E-state index in [0.29, 0.717) is 0 Å². The van der Waals surface area contributed by atoms with Gasteiger partial charge in [-0.2, -0.15) is 0 Å². The molecule has 0 fully saturated rings. The summed E-state index contributed by atoms with van der Waals surface area (Å²) in [4.78, 5) is 16.2. The number of nitrogens with zero attached hydrogens (tertiary/aromatic N) is 1. The number of benzene rings is 4. The van der Waals surface area contributed by atoms with Crippen molar-refractivity contribution in [1.29, 1.82) is 0 Å². The molecule has 0 bridgehead atoms. The van der Waals surface area contributed by atoms with E-state index in [9.17, 15) is 9.90 Å². The van der Waals surface area contributed by atoms with Crippen LogP contribution in [0.15, 0.2) is 107 Å². The fourth-order valence-corrected chi connectivity index (χ4v) is 5.99. The molecule has 0 atom stereocenters. The van der Waals surface area contributed by atoms with Crippen LogP contribution in [0.2, 0.25) is 0 Å². The summed E-state index contributed by atoms with van der Waals surface area (Å²) in [6.07, 6.45) is 6.80. The molecule has 4 nitrogen and oxygen atoms in total. The summed E-state index contributed by atoms with van der Waals surface area (Å²) in [5.41, 5.74) is 7.29. The molecule has 0 aliphatic carbocycles. The van der Waals surface area contributed by atoms with E-state index in [0.717, 1.165) is 64.6 Å². The number of pyridine rings is 1. The summed E-state index contributed by atoms with van der Waals surface area (Å²) in [5.74, 6) is 0.547. The predicted octanol–water partition coefficient (Wildman–Crippen LogP) is 11.4. The molecule has 0 amide bonds. The first-order valence-electron chi connectivity index (χ1n) is 16.1. The van der Waals surface area contributed by atoms with Crippen molar-refractivity contribution in [1.82, 2.24) is 4.98 Å². The number of aryl methyl sites for hydroxylation is 1. The molecule has 0 spiro atoms. The van der Waals surface area contributed by atoms with Gasteiger partial charge in [-0.3, -0.25) is 4.79 Å². The van der Waals surface area contributed by atoms with Crippen molar-refractivity contribution in [3.05, 3.63) is 115 Å². The van der Waals surface area contributed by atoms with E-state index in [2.05, 4.69) is 77.8 Å². The minimum absolute atomic E-state index is 0. The maximum Gasteiger partial charge on any atom is 0.162 e. The Labute approximate surface area is 285 Å². The van der Waals surface area contributed by atoms with Gasteiger partial charge in [0.25, 0.3) is 0 Å². The number of hydrogen-bond acceptors (Lipinski definition) is 4. The molecule has 0 saturated carbocycles. The van der Waals surface area contributed by atoms with E-state index in [1.807, 2.05) is 59.0 Å². The number of aliphatic hydroxyl groups excluding tert-OH is 1. The third kappa shape index (κ3) is 7.49. The van der Waals surface area contributed by atoms with Crippen molar-refractivity contribution < 1.29 is 34.4 Å². The third-order valence-corrected chi connectivity index (χ3v) is 8.79. The second kappa shape index (κ2) is 16.0. The van der Waals surface area contributed by atoms with Crippen LogP contribution in [0.3, 0.4) is 0 Å². The van der Waals surface area contributed by atoms with Gasteiger partial charge in [-0.1, -0.05) is 93.4 Å². The molecular weight excluding hydrogens is 747 g/mol. The summed E-state index contributed by atoms with van der Waals surface area (Å²) in [7, 11) is 0. The summed E-state index contributed by atoms with van der Waals surface area (Å²) in [6.45, 7) is 10.1. The van der Waals surface area contributed by atoms with Crippen molar-refractivity contribution >= 4 is 38.5 Å². The maximum atomic E-state index is 11.7. The third-order valence-electron chi connectivity index (χ3n) is 8.79. The summed E-state index contributed by atoms with van der Waals surface area (Å²) in [6, 6.07) is 32.8. The van der Waals surface area contributed by atoms with Gasteiger partial charge in [0.2, 0.25) is 0 Å². The molecule has 5 heteroatoms. The number of hydrogen-bond donors (Lipinski definition) is 1. The van der Waals surface area contributed by atoms with Gasteiger partial charge >= 0.3 is 0 Å². The molecule has 0 saturated heterocycles. The predicted molar refractivity (Wildman–Crippen MR) is 187 cm³/mol. The van der Waals surface area contributed by atoms with Gasteiger partial charge in [0, 0.05) is 55.0 Å². The zero-order chi connectivity index (χ0) is 31.9. The number of allylic oxidation sites excluding steroid dienone is 2. The molecule has 6 rings (SSSR count). The Kier molecular flexibility index (Phi) is 12.1. The van der Waals surface area contributed by atoms with Crippen molar-refractivity contribution in [3.8, 4) is 22.4 Å². The second-order valence-electron chi connectivity index (χ2n) is 11.6.